The zero-order valence-electron chi connectivity index (χ0n) is 9.05. The summed E-state index contributed by atoms with van der Waals surface area (Å²) < 4.78 is 0.994. The SMILES string of the molecule is CCC(C)CNc1cc(Br)ccc1C#N. The van der Waals surface area contributed by atoms with E-state index in [2.05, 4.69) is 41.2 Å². The molecular weight excluding hydrogens is 252 g/mol. The fourth-order valence-corrected chi connectivity index (χ4v) is 1.55. The van der Waals surface area contributed by atoms with Crippen LogP contribution in [-0.4, -0.2) is 6.54 Å². The van der Waals surface area contributed by atoms with Crippen molar-refractivity contribution >= 4 is 21.6 Å². The van der Waals surface area contributed by atoms with Gasteiger partial charge in [-0.05, 0) is 24.1 Å². The fourth-order valence-electron chi connectivity index (χ4n) is 1.19. The molecule has 0 fully saturated rings. The molecule has 0 radical (unpaired) electrons. The van der Waals surface area contributed by atoms with Crippen LogP contribution in [0.15, 0.2) is 22.7 Å². The van der Waals surface area contributed by atoms with Gasteiger partial charge in [-0.15, -0.1) is 0 Å². The molecule has 0 spiro atoms. The Labute approximate surface area is 99.4 Å². The zero-order chi connectivity index (χ0) is 11.3. The largest absolute Gasteiger partial charge is 0.384 e. The minimum absolute atomic E-state index is 0.621. The molecule has 1 aromatic rings. The van der Waals surface area contributed by atoms with E-state index in [9.17, 15) is 0 Å². The molecule has 0 saturated heterocycles. The number of nitriles is 1. The smallest absolute Gasteiger partial charge is 0.101 e. The Morgan fingerprint density at radius 2 is 2.27 bits per heavy atom. The lowest BCUT2D eigenvalue weighted by atomic mass is 10.1. The van der Waals surface area contributed by atoms with E-state index in [1.165, 1.54) is 0 Å². The number of rotatable bonds is 4. The van der Waals surface area contributed by atoms with Crippen LogP contribution in [0, 0.1) is 17.2 Å². The number of hydrogen-bond donors (Lipinski definition) is 1. The van der Waals surface area contributed by atoms with Gasteiger partial charge in [0.2, 0.25) is 0 Å². The van der Waals surface area contributed by atoms with Gasteiger partial charge >= 0.3 is 0 Å². The summed E-state index contributed by atoms with van der Waals surface area (Å²) in [5, 5.41) is 12.2. The molecule has 2 nitrogen and oxygen atoms in total. The Morgan fingerprint density at radius 1 is 1.53 bits per heavy atom. The molecule has 0 heterocycles. The molecule has 0 aliphatic rings. The molecule has 1 N–H and O–H groups in total. The van der Waals surface area contributed by atoms with Crippen LogP contribution < -0.4 is 5.32 Å². The molecule has 0 aliphatic heterocycles. The van der Waals surface area contributed by atoms with Crippen molar-refractivity contribution in [2.75, 3.05) is 11.9 Å². The Bertz CT molecular complexity index is 368. The van der Waals surface area contributed by atoms with Gasteiger partial charge in [-0.2, -0.15) is 5.26 Å². The summed E-state index contributed by atoms with van der Waals surface area (Å²) >= 11 is 3.40. The first-order valence-corrected chi connectivity index (χ1v) is 5.90. The number of hydrogen-bond acceptors (Lipinski definition) is 2. The number of nitrogens with one attached hydrogen (secondary N) is 1. The molecule has 1 unspecified atom stereocenters. The highest BCUT2D eigenvalue weighted by Crippen LogP contribution is 2.21. The van der Waals surface area contributed by atoms with Gasteiger partial charge in [-0.25, -0.2) is 0 Å². The third kappa shape index (κ3) is 3.56. The van der Waals surface area contributed by atoms with Gasteiger partial charge < -0.3 is 5.32 Å². The average Bonchev–Trinajstić information content (AvgIpc) is 2.26. The van der Waals surface area contributed by atoms with Gasteiger partial charge in [0.15, 0.2) is 0 Å². The second-order valence-corrected chi connectivity index (χ2v) is 4.61. The molecule has 1 rings (SSSR count). The number of benzene rings is 1. The second kappa shape index (κ2) is 5.77. The topological polar surface area (TPSA) is 35.8 Å². The van der Waals surface area contributed by atoms with Crippen LogP contribution in [0.3, 0.4) is 0 Å². The van der Waals surface area contributed by atoms with Crippen LogP contribution in [0.1, 0.15) is 25.8 Å². The molecule has 0 aliphatic carbocycles. The zero-order valence-corrected chi connectivity index (χ0v) is 10.6. The van der Waals surface area contributed by atoms with Gasteiger partial charge in [0.25, 0.3) is 0 Å². The number of halogens is 1. The van der Waals surface area contributed by atoms with E-state index in [1.54, 1.807) is 0 Å². The summed E-state index contributed by atoms with van der Waals surface area (Å²) in [5.74, 6) is 0.621. The van der Waals surface area contributed by atoms with Crippen molar-refractivity contribution < 1.29 is 0 Å². The lowest BCUT2D eigenvalue weighted by Gasteiger charge is -2.12. The van der Waals surface area contributed by atoms with Crippen LogP contribution in [0.4, 0.5) is 5.69 Å². The highest BCUT2D eigenvalue weighted by molar-refractivity contribution is 9.10. The predicted octanol–water partition coefficient (Wildman–Crippen LogP) is 3.78. The Morgan fingerprint density at radius 3 is 2.87 bits per heavy atom. The fraction of sp³-hybridized carbons (Fsp3) is 0.417. The molecule has 80 valence electrons. The van der Waals surface area contributed by atoms with Crippen molar-refractivity contribution in [3.63, 3.8) is 0 Å². The minimum atomic E-state index is 0.621. The summed E-state index contributed by atoms with van der Waals surface area (Å²) in [7, 11) is 0. The first-order chi connectivity index (χ1) is 7.17. The van der Waals surface area contributed by atoms with E-state index in [0.29, 0.717) is 11.5 Å². The molecule has 0 amide bonds. The lowest BCUT2D eigenvalue weighted by molar-refractivity contribution is 0.593. The van der Waals surface area contributed by atoms with Crippen molar-refractivity contribution in [3.05, 3.63) is 28.2 Å². The van der Waals surface area contributed by atoms with E-state index in [0.717, 1.165) is 23.1 Å². The van der Waals surface area contributed by atoms with Crippen molar-refractivity contribution in [1.82, 2.24) is 0 Å². The molecule has 0 aromatic heterocycles. The van der Waals surface area contributed by atoms with E-state index >= 15 is 0 Å². The van der Waals surface area contributed by atoms with Gasteiger partial charge in [-0.1, -0.05) is 36.2 Å². The molecule has 0 bridgehead atoms. The van der Waals surface area contributed by atoms with Gasteiger partial charge in [-0.3, -0.25) is 0 Å². The van der Waals surface area contributed by atoms with Crippen LogP contribution in [0.5, 0.6) is 0 Å². The normalized spacial score (nSPS) is 11.9. The average molecular weight is 267 g/mol. The highest BCUT2D eigenvalue weighted by atomic mass is 79.9. The molecule has 15 heavy (non-hydrogen) atoms. The van der Waals surface area contributed by atoms with Crippen molar-refractivity contribution in [1.29, 1.82) is 5.26 Å². The van der Waals surface area contributed by atoms with Crippen molar-refractivity contribution in [3.8, 4) is 6.07 Å². The maximum Gasteiger partial charge on any atom is 0.101 e. The summed E-state index contributed by atoms with van der Waals surface area (Å²) in [6.07, 6.45) is 1.14. The quantitative estimate of drug-likeness (QED) is 0.901. The molecule has 0 saturated carbocycles. The maximum atomic E-state index is 8.93. The molecule has 1 aromatic carbocycles. The summed E-state index contributed by atoms with van der Waals surface area (Å²) in [5.41, 5.74) is 1.61. The van der Waals surface area contributed by atoms with E-state index < -0.39 is 0 Å². The summed E-state index contributed by atoms with van der Waals surface area (Å²) in [4.78, 5) is 0. The third-order valence-electron chi connectivity index (χ3n) is 2.44. The van der Waals surface area contributed by atoms with Crippen LogP contribution >= 0.6 is 15.9 Å². The van der Waals surface area contributed by atoms with Crippen LogP contribution in [-0.2, 0) is 0 Å². The standard InChI is InChI=1S/C12H15BrN2/c1-3-9(2)8-15-12-6-11(13)5-4-10(12)7-14/h4-6,9,15H,3,8H2,1-2H3. The van der Waals surface area contributed by atoms with Crippen molar-refractivity contribution in [2.45, 2.75) is 20.3 Å². The van der Waals surface area contributed by atoms with Gasteiger partial charge in [0.1, 0.15) is 6.07 Å². The second-order valence-electron chi connectivity index (χ2n) is 3.70. The van der Waals surface area contributed by atoms with Crippen LogP contribution in [0.2, 0.25) is 0 Å². The van der Waals surface area contributed by atoms with E-state index in [1.807, 2.05) is 18.2 Å². The Balaban J connectivity index is 2.75. The summed E-state index contributed by atoms with van der Waals surface area (Å²) in [6, 6.07) is 7.83. The number of nitrogens with zero attached hydrogens (tertiary/aromatic N) is 1. The van der Waals surface area contributed by atoms with E-state index in [-0.39, 0.29) is 0 Å². The number of anilines is 1. The van der Waals surface area contributed by atoms with Gasteiger partial charge in [0, 0.05) is 11.0 Å². The van der Waals surface area contributed by atoms with Gasteiger partial charge in [0.05, 0.1) is 11.3 Å². The molecule has 1 atom stereocenters. The first-order valence-electron chi connectivity index (χ1n) is 5.11. The molecular formula is C12H15BrN2. The highest BCUT2D eigenvalue weighted by Gasteiger charge is 2.04. The lowest BCUT2D eigenvalue weighted by Crippen LogP contribution is -2.11. The predicted molar refractivity (Wildman–Crippen MR) is 66.8 cm³/mol. The Kier molecular flexibility index (Phi) is 4.64. The monoisotopic (exact) mass is 266 g/mol. The summed E-state index contributed by atoms with van der Waals surface area (Å²) in [6.45, 7) is 5.26. The Hall–Kier alpha value is -1.01. The maximum absolute atomic E-state index is 8.93. The van der Waals surface area contributed by atoms with Crippen LogP contribution in [0.25, 0.3) is 0 Å². The van der Waals surface area contributed by atoms with Crippen molar-refractivity contribution in [2.24, 2.45) is 5.92 Å². The third-order valence-corrected chi connectivity index (χ3v) is 2.93. The van der Waals surface area contributed by atoms with E-state index in [4.69, 9.17) is 5.26 Å². The molecule has 3 heteroatoms. The minimum Gasteiger partial charge on any atom is -0.384 e. The first kappa shape index (κ1) is 12.1.